The minimum atomic E-state index is -0.681. The first-order valence-electron chi connectivity index (χ1n) is 7.86. The highest BCUT2D eigenvalue weighted by Gasteiger charge is 2.15. The molecule has 1 amide bonds. The standard InChI is InChI=1S/C19H18ClN3O2/c1-12-9-15(20)7-8-18(12)25-13(2)19(24)23-22-11-14-10-21-17-6-4-3-5-16(14)17/h3-11,13,21H,1-2H3,(H,23,24)/b22-11+/t13-/m1/s1. The molecule has 3 rings (SSSR count). The number of H-pyrrole nitrogens is 1. The molecule has 0 saturated heterocycles. The zero-order chi connectivity index (χ0) is 17.8. The first kappa shape index (κ1) is 17.0. The molecule has 0 spiro atoms. The maximum absolute atomic E-state index is 12.1. The van der Waals surface area contributed by atoms with Gasteiger partial charge < -0.3 is 9.72 Å². The molecule has 3 aromatic rings. The van der Waals surface area contributed by atoms with Gasteiger partial charge in [0, 0.05) is 27.7 Å². The van der Waals surface area contributed by atoms with Gasteiger partial charge in [-0.2, -0.15) is 5.10 Å². The number of rotatable bonds is 5. The summed E-state index contributed by atoms with van der Waals surface area (Å²) >= 11 is 5.92. The molecular weight excluding hydrogens is 338 g/mol. The summed E-state index contributed by atoms with van der Waals surface area (Å²) in [7, 11) is 0. The van der Waals surface area contributed by atoms with Gasteiger partial charge in [-0.25, -0.2) is 5.43 Å². The summed E-state index contributed by atoms with van der Waals surface area (Å²) in [4.78, 5) is 15.3. The van der Waals surface area contributed by atoms with Crippen molar-refractivity contribution in [3.63, 3.8) is 0 Å². The van der Waals surface area contributed by atoms with E-state index in [2.05, 4.69) is 15.5 Å². The van der Waals surface area contributed by atoms with Crippen molar-refractivity contribution in [2.75, 3.05) is 0 Å². The van der Waals surface area contributed by atoms with Crippen LogP contribution in [0.5, 0.6) is 5.75 Å². The van der Waals surface area contributed by atoms with E-state index in [1.54, 1.807) is 31.3 Å². The number of hydrogen-bond acceptors (Lipinski definition) is 3. The number of aromatic amines is 1. The van der Waals surface area contributed by atoms with E-state index < -0.39 is 6.10 Å². The molecule has 1 aromatic heterocycles. The molecule has 1 atom stereocenters. The van der Waals surface area contributed by atoms with Crippen LogP contribution in [-0.2, 0) is 4.79 Å². The molecule has 6 heteroatoms. The van der Waals surface area contributed by atoms with E-state index in [0.717, 1.165) is 22.0 Å². The highest BCUT2D eigenvalue weighted by atomic mass is 35.5. The predicted molar refractivity (Wildman–Crippen MR) is 100 cm³/mol. The smallest absolute Gasteiger partial charge is 0.280 e. The van der Waals surface area contributed by atoms with Crippen molar-refractivity contribution in [1.82, 2.24) is 10.4 Å². The number of halogens is 1. The number of fused-ring (bicyclic) bond motifs is 1. The van der Waals surface area contributed by atoms with E-state index in [4.69, 9.17) is 16.3 Å². The number of amides is 1. The number of ether oxygens (including phenoxy) is 1. The number of hydrazone groups is 1. The fourth-order valence-electron chi connectivity index (χ4n) is 2.45. The number of carbonyl (C=O) groups excluding carboxylic acids is 1. The molecule has 0 saturated carbocycles. The molecule has 5 nitrogen and oxygen atoms in total. The summed E-state index contributed by atoms with van der Waals surface area (Å²) in [5, 5.41) is 5.69. The SMILES string of the molecule is Cc1cc(Cl)ccc1O[C@H](C)C(=O)N/N=C/c1c[nH]c2ccccc12. The summed E-state index contributed by atoms with van der Waals surface area (Å²) in [5.41, 5.74) is 5.29. The summed E-state index contributed by atoms with van der Waals surface area (Å²) in [5.74, 6) is 0.290. The molecule has 25 heavy (non-hydrogen) atoms. The Morgan fingerprint density at radius 1 is 1.32 bits per heavy atom. The van der Waals surface area contributed by atoms with E-state index in [9.17, 15) is 4.79 Å². The van der Waals surface area contributed by atoms with Gasteiger partial charge in [-0.1, -0.05) is 29.8 Å². The maximum atomic E-state index is 12.1. The molecule has 0 fully saturated rings. The summed E-state index contributed by atoms with van der Waals surface area (Å²) in [6, 6.07) is 13.1. The Morgan fingerprint density at radius 2 is 2.12 bits per heavy atom. The Kier molecular flexibility index (Phi) is 5.05. The van der Waals surface area contributed by atoms with Gasteiger partial charge >= 0.3 is 0 Å². The van der Waals surface area contributed by atoms with E-state index in [1.165, 1.54) is 0 Å². The minimum absolute atomic E-state index is 0.328. The predicted octanol–water partition coefficient (Wildman–Crippen LogP) is 4.05. The van der Waals surface area contributed by atoms with Gasteiger partial charge in [0.15, 0.2) is 6.10 Å². The van der Waals surface area contributed by atoms with Gasteiger partial charge in [0.1, 0.15) is 5.75 Å². The molecule has 0 unspecified atom stereocenters. The average molecular weight is 356 g/mol. The van der Waals surface area contributed by atoms with Crippen molar-refractivity contribution >= 4 is 34.6 Å². The Bertz CT molecular complexity index is 933. The number of benzene rings is 2. The van der Waals surface area contributed by atoms with E-state index in [0.29, 0.717) is 10.8 Å². The lowest BCUT2D eigenvalue weighted by Crippen LogP contribution is -2.33. The minimum Gasteiger partial charge on any atom is -0.481 e. The third-order valence-corrected chi connectivity index (χ3v) is 4.04. The number of nitrogens with zero attached hydrogens (tertiary/aromatic N) is 1. The maximum Gasteiger partial charge on any atom is 0.280 e. The van der Waals surface area contributed by atoms with Crippen LogP contribution in [-0.4, -0.2) is 23.2 Å². The average Bonchev–Trinajstić information content (AvgIpc) is 3.00. The number of aryl methyl sites for hydroxylation is 1. The molecule has 1 heterocycles. The zero-order valence-electron chi connectivity index (χ0n) is 13.9. The van der Waals surface area contributed by atoms with Crippen LogP contribution in [0.15, 0.2) is 53.8 Å². The molecule has 0 bridgehead atoms. The largest absolute Gasteiger partial charge is 0.481 e. The molecule has 0 aliphatic carbocycles. The van der Waals surface area contributed by atoms with Crippen molar-refractivity contribution in [2.45, 2.75) is 20.0 Å². The number of para-hydroxylation sites is 1. The highest BCUT2D eigenvalue weighted by molar-refractivity contribution is 6.30. The van der Waals surface area contributed by atoms with Crippen LogP contribution >= 0.6 is 11.6 Å². The Morgan fingerprint density at radius 3 is 2.92 bits per heavy atom. The number of nitrogens with one attached hydrogen (secondary N) is 2. The van der Waals surface area contributed by atoms with Crippen LogP contribution in [0.2, 0.25) is 5.02 Å². The van der Waals surface area contributed by atoms with Crippen LogP contribution < -0.4 is 10.2 Å². The second-order valence-corrected chi connectivity index (χ2v) is 6.13. The number of hydrogen-bond donors (Lipinski definition) is 2. The monoisotopic (exact) mass is 355 g/mol. The number of carbonyl (C=O) groups is 1. The Labute approximate surface area is 150 Å². The summed E-state index contributed by atoms with van der Waals surface area (Å²) < 4.78 is 5.67. The Balaban J connectivity index is 1.61. The van der Waals surface area contributed by atoms with Gasteiger partial charge in [0.2, 0.25) is 0 Å². The lowest BCUT2D eigenvalue weighted by Gasteiger charge is -2.14. The van der Waals surface area contributed by atoms with Crippen LogP contribution in [0.1, 0.15) is 18.1 Å². The third kappa shape index (κ3) is 4.00. The van der Waals surface area contributed by atoms with E-state index in [-0.39, 0.29) is 5.91 Å². The first-order chi connectivity index (χ1) is 12.0. The molecular formula is C19H18ClN3O2. The summed E-state index contributed by atoms with van der Waals surface area (Å²) in [6.07, 6.45) is 2.77. The fourth-order valence-corrected chi connectivity index (χ4v) is 2.67. The van der Waals surface area contributed by atoms with Crippen molar-refractivity contribution in [3.8, 4) is 5.75 Å². The topological polar surface area (TPSA) is 66.5 Å². The van der Waals surface area contributed by atoms with Crippen LogP contribution in [0.25, 0.3) is 10.9 Å². The second kappa shape index (κ2) is 7.40. The van der Waals surface area contributed by atoms with E-state index in [1.807, 2.05) is 37.4 Å². The van der Waals surface area contributed by atoms with Crippen molar-refractivity contribution in [1.29, 1.82) is 0 Å². The molecule has 2 N–H and O–H groups in total. The normalized spacial score (nSPS) is 12.4. The van der Waals surface area contributed by atoms with Gasteiger partial charge in [-0.3, -0.25) is 4.79 Å². The quantitative estimate of drug-likeness (QED) is 0.535. The van der Waals surface area contributed by atoms with Crippen molar-refractivity contribution in [3.05, 3.63) is 64.8 Å². The first-order valence-corrected chi connectivity index (χ1v) is 8.24. The zero-order valence-corrected chi connectivity index (χ0v) is 14.7. The highest BCUT2D eigenvalue weighted by Crippen LogP contribution is 2.22. The van der Waals surface area contributed by atoms with Gasteiger partial charge in [-0.05, 0) is 43.7 Å². The third-order valence-electron chi connectivity index (χ3n) is 3.81. The van der Waals surface area contributed by atoms with Crippen LogP contribution in [0, 0.1) is 6.92 Å². The van der Waals surface area contributed by atoms with Gasteiger partial charge in [0.25, 0.3) is 5.91 Å². The van der Waals surface area contributed by atoms with Crippen LogP contribution in [0.3, 0.4) is 0 Å². The van der Waals surface area contributed by atoms with Crippen LogP contribution in [0.4, 0.5) is 0 Å². The second-order valence-electron chi connectivity index (χ2n) is 5.69. The van der Waals surface area contributed by atoms with Crippen molar-refractivity contribution < 1.29 is 9.53 Å². The summed E-state index contributed by atoms with van der Waals surface area (Å²) in [6.45, 7) is 3.55. The van der Waals surface area contributed by atoms with E-state index >= 15 is 0 Å². The van der Waals surface area contributed by atoms with Gasteiger partial charge in [-0.15, -0.1) is 0 Å². The van der Waals surface area contributed by atoms with Crippen molar-refractivity contribution in [2.24, 2.45) is 5.10 Å². The molecule has 128 valence electrons. The number of aromatic nitrogens is 1. The fraction of sp³-hybridized carbons (Fsp3) is 0.158. The molecule has 0 radical (unpaired) electrons. The lowest BCUT2D eigenvalue weighted by atomic mass is 10.2. The Hall–Kier alpha value is -2.79. The molecule has 0 aliphatic heterocycles. The lowest BCUT2D eigenvalue weighted by molar-refractivity contribution is -0.127. The molecule has 0 aliphatic rings. The van der Waals surface area contributed by atoms with Gasteiger partial charge in [0.05, 0.1) is 6.21 Å². The molecule has 2 aromatic carbocycles.